The van der Waals surface area contributed by atoms with Gasteiger partial charge in [0.1, 0.15) is 0 Å². The van der Waals surface area contributed by atoms with Crippen molar-refractivity contribution in [3.63, 3.8) is 0 Å². The summed E-state index contributed by atoms with van der Waals surface area (Å²) >= 11 is 0. The summed E-state index contributed by atoms with van der Waals surface area (Å²) in [6.45, 7) is 11.1. The van der Waals surface area contributed by atoms with Gasteiger partial charge < -0.3 is 15.5 Å². The molecule has 2 fully saturated rings. The largest absolute Gasteiger partial charge is 0.340 e. The van der Waals surface area contributed by atoms with Crippen LogP contribution in [-0.2, 0) is 9.59 Å². The zero-order valence-corrected chi connectivity index (χ0v) is 16.7. The van der Waals surface area contributed by atoms with Crippen molar-refractivity contribution in [3.8, 4) is 0 Å². The number of piperidine rings is 1. The molecule has 1 aromatic rings. The van der Waals surface area contributed by atoms with E-state index in [1.54, 1.807) is 0 Å². The maximum absolute atomic E-state index is 12.9. The number of amides is 2. The van der Waals surface area contributed by atoms with Crippen LogP contribution in [0.5, 0.6) is 0 Å². The highest BCUT2D eigenvalue weighted by Gasteiger charge is 2.34. The molecule has 0 saturated carbocycles. The number of carbonyl (C=O) groups is 2. The second-order valence-electron chi connectivity index (χ2n) is 8.10. The number of benzene rings is 1. The molecule has 2 saturated heterocycles. The van der Waals surface area contributed by atoms with E-state index in [2.05, 4.69) is 29.4 Å². The van der Waals surface area contributed by atoms with Gasteiger partial charge in [-0.25, -0.2) is 0 Å². The Bertz CT molecular complexity index is 651. The molecule has 0 aliphatic carbocycles. The molecular weight excluding hydrogens is 340 g/mol. The molecule has 2 aliphatic rings. The van der Waals surface area contributed by atoms with Crippen LogP contribution in [0.3, 0.4) is 0 Å². The van der Waals surface area contributed by atoms with Crippen molar-refractivity contribution in [2.75, 3.05) is 44.6 Å². The lowest BCUT2D eigenvalue weighted by molar-refractivity contribution is -0.139. The van der Waals surface area contributed by atoms with E-state index in [1.165, 1.54) is 0 Å². The first kappa shape index (κ1) is 19.8. The van der Waals surface area contributed by atoms with Crippen LogP contribution in [-0.4, -0.2) is 66.9 Å². The molecule has 0 aromatic heterocycles. The third-order valence-corrected chi connectivity index (χ3v) is 5.75. The Morgan fingerprint density at radius 1 is 1.04 bits per heavy atom. The van der Waals surface area contributed by atoms with Crippen molar-refractivity contribution < 1.29 is 9.59 Å². The lowest BCUT2D eigenvalue weighted by Crippen LogP contribution is -2.54. The van der Waals surface area contributed by atoms with Gasteiger partial charge >= 0.3 is 0 Å². The van der Waals surface area contributed by atoms with Crippen LogP contribution < -0.4 is 10.6 Å². The Morgan fingerprint density at radius 3 is 2.30 bits per heavy atom. The van der Waals surface area contributed by atoms with E-state index >= 15 is 0 Å². The predicted molar refractivity (Wildman–Crippen MR) is 108 cm³/mol. The third-order valence-electron chi connectivity index (χ3n) is 5.75. The second-order valence-corrected chi connectivity index (χ2v) is 8.10. The Labute approximate surface area is 162 Å². The fourth-order valence-electron chi connectivity index (χ4n) is 3.93. The van der Waals surface area contributed by atoms with Crippen molar-refractivity contribution in [1.29, 1.82) is 0 Å². The van der Waals surface area contributed by atoms with Crippen molar-refractivity contribution in [2.45, 2.75) is 33.2 Å². The van der Waals surface area contributed by atoms with Gasteiger partial charge in [0.05, 0.1) is 11.8 Å². The van der Waals surface area contributed by atoms with Gasteiger partial charge in [0.25, 0.3) is 0 Å². The Hall–Kier alpha value is -1.92. The molecule has 2 atom stereocenters. The molecule has 2 amide bonds. The van der Waals surface area contributed by atoms with E-state index in [4.69, 9.17) is 0 Å². The first-order valence-corrected chi connectivity index (χ1v) is 10.0. The van der Waals surface area contributed by atoms with Crippen molar-refractivity contribution in [2.24, 2.45) is 11.8 Å². The molecule has 148 valence electrons. The van der Waals surface area contributed by atoms with E-state index in [-0.39, 0.29) is 23.7 Å². The van der Waals surface area contributed by atoms with Crippen LogP contribution in [0.1, 0.15) is 25.8 Å². The highest BCUT2D eigenvalue weighted by atomic mass is 16.2. The van der Waals surface area contributed by atoms with Crippen molar-refractivity contribution in [3.05, 3.63) is 29.8 Å². The monoisotopic (exact) mass is 372 g/mol. The zero-order chi connectivity index (χ0) is 19.4. The first-order chi connectivity index (χ1) is 12.9. The highest BCUT2D eigenvalue weighted by Crippen LogP contribution is 2.22. The third kappa shape index (κ3) is 5.08. The molecule has 0 radical (unpaired) electrons. The minimum absolute atomic E-state index is 0.00604. The molecule has 2 heterocycles. The van der Waals surface area contributed by atoms with Gasteiger partial charge in [0.15, 0.2) is 0 Å². The Kier molecular flexibility index (Phi) is 6.50. The Balaban J connectivity index is 1.53. The van der Waals surface area contributed by atoms with E-state index in [0.717, 1.165) is 37.4 Å². The smallest absolute Gasteiger partial charge is 0.228 e. The number of nitrogens with zero attached hydrogens (tertiary/aromatic N) is 2. The highest BCUT2D eigenvalue weighted by molar-refractivity contribution is 5.93. The molecule has 3 rings (SSSR count). The summed E-state index contributed by atoms with van der Waals surface area (Å²) in [5.74, 6) is -0.101. The number of anilines is 1. The van der Waals surface area contributed by atoms with Crippen molar-refractivity contribution >= 4 is 17.5 Å². The zero-order valence-electron chi connectivity index (χ0n) is 16.7. The first-order valence-electron chi connectivity index (χ1n) is 10.0. The number of hydrogen-bond acceptors (Lipinski definition) is 4. The number of hydrogen-bond donors (Lipinski definition) is 2. The van der Waals surface area contributed by atoms with Gasteiger partial charge in [-0.15, -0.1) is 0 Å². The van der Waals surface area contributed by atoms with Gasteiger partial charge in [-0.2, -0.15) is 0 Å². The summed E-state index contributed by atoms with van der Waals surface area (Å²) in [4.78, 5) is 29.9. The fraction of sp³-hybridized carbons (Fsp3) is 0.619. The lowest BCUT2D eigenvalue weighted by Gasteiger charge is -2.39. The van der Waals surface area contributed by atoms with E-state index in [1.807, 2.05) is 36.1 Å². The van der Waals surface area contributed by atoms with Crippen LogP contribution in [0.25, 0.3) is 0 Å². The number of piperazine rings is 1. The van der Waals surface area contributed by atoms with Gasteiger partial charge in [0.2, 0.25) is 11.8 Å². The van der Waals surface area contributed by atoms with Gasteiger partial charge in [0, 0.05) is 51.0 Å². The molecule has 27 heavy (non-hydrogen) atoms. The normalized spacial score (nSPS) is 24.1. The lowest BCUT2D eigenvalue weighted by atomic mass is 9.88. The van der Waals surface area contributed by atoms with Crippen LogP contribution in [0, 0.1) is 18.8 Å². The number of carbonyl (C=O) groups excluding carboxylic acids is 2. The summed E-state index contributed by atoms with van der Waals surface area (Å²) in [6.07, 6.45) is 0.619. The molecule has 0 bridgehead atoms. The molecule has 6 heteroatoms. The van der Waals surface area contributed by atoms with E-state index in [9.17, 15) is 9.59 Å². The average molecular weight is 373 g/mol. The minimum Gasteiger partial charge on any atom is -0.340 e. The second kappa shape index (κ2) is 8.85. The average Bonchev–Trinajstić information content (AvgIpc) is 2.69. The SMILES string of the molecule is Cc1ccc(NC(=O)C2CNCC(C(=O)N3CCN(C(C)C)CC3)C2)cc1. The topological polar surface area (TPSA) is 64.7 Å². The minimum atomic E-state index is -0.175. The van der Waals surface area contributed by atoms with Crippen LogP contribution >= 0.6 is 0 Å². The summed E-state index contributed by atoms with van der Waals surface area (Å²) in [7, 11) is 0. The molecular formula is C21H32N4O2. The van der Waals surface area contributed by atoms with Crippen LogP contribution in [0.2, 0.25) is 0 Å². The maximum Gasteiger partial charge on any atom is 0.228 e. The molecule has 2 aliphatic heterocycles. The number of nitrogens with one attached hydrogen (secondary N) is 2. The van der Waals surface area contributed by atoms with Crippen LogP contribution in [0.4, 0.5) is 5.69 Å². The quantitative estimate of drug-likeness (QED) is 0.845. The standard InChI is InChI=1S/C21H32N4O2/c1-15(2)24-8-10-25(11-9-24)21(27)18-12-17(13-22-14-18)20(26)23-19-6-4-16(3)5-7-19/h4-7,15,17-18,22H,8-14H2,1-3H3,(H,23,26). The van der Waals surface area contributed by atoms with E-state index < -0.39 is 0 Å². The molecule has 2 N–H and O–H groups in total. The maximum atomic E-state index is 12.9. The Morgan fingerprint density at radius 2 is 1.67 bits per heavy atom. The fourth-order valence-corrected chi connectivity index (χ4v) is 3.93. The molecule has 6 nitrogen and oxygen atoms in total. The number of aryl methyl sites for hydroxylation is 1. The summed E-state index contributed by atoms with van der Waals surface area (Å²) in [5.41, 5.74) is 1.97. The van der Waals surface area contributed by atoms with Gasteiger partial charge in [-0.1, -0.05) is 17.7 Å². The molecule has 2 unspecified atom stereocenters. The predicted octanol–water partition coefficient (Wildman–Crippen LogP) is 1.71. The van der Waals surface area contributed by atoms with Gasteiger partial charge in [-0.05, 0) is 39.3 Å². The van der Waals surface area contributed by atoms with Crippen LogP contribution in [0.15, 0.2) is 24.3 Å². The molecule has 1 aromatic carbocycles. The van der Waals surface area contributed by atoms with E-state index in [0.29, 0.717) is 25.6 Å². The number of rotatable bonds is 4. The van der Waals surface area contributed by atoms with Crippen molar-refractivity contribution in [1.82, 2.24) is 15.1 Å². The van der Waals surface area contributed by atoms with Gasteiger partial charge in [-0.3, -0.25) is 14.5 Å². The summed E-state index contributed by atoms with van der Waals surface area (Å²) in [5, 5.41) is 6.27. The summed E-state index contributed by atoms with van der Waals surface area (Å²) in [6, 6.07) is 8.32. The molecule has 0 spiro atoms. The summed E-state index contributed by atoms with van der Waals surface area (Å²) < 4.78 is 0.